The molecule has 1 aliphatic rings. The van der Waals surface area contributed by atoms with Crippen LogP contribution in [0.2, 0.25) is 0 Å². The summed E-state index contributed by atoms with van der Waals surface area (Å²) in [6.45, 7) is 1.52. The van der Waals surface area contributed by atoms with Crippen molar-refractivity contribution in [2.75, 3.05) is 13.1 Å². The zero-order valence-corrected chi connectivity index (χ0v) is 14.6. The van der Waals surface area contributed by atoms with E-state index < -0.39 is 0 Å². The molecule has 0 aliphatic carbocycles. The topological polar surface area (TPSA) is 61.9 Å². The van der Waals surface area contributed by atoms with Crippen molar-refractivity contribution >= 4 is 5.91 Å². The number of aromatic nitrogens is 3. The Morgan fingerprint density at radius 3 is 2.58 bits per heavy atom. The smallest absolute Gasteiger partial charge is 0.227 e. The first-order chi connectivity index (χ1) is 12.8. The third-order valence-electron chi connectivity index (χ3n) is 4.89. The predicted molar refractivity (Wildman–Crippen MR) is 101 cm³/mol. The fourth-order valence-corrected chi connectivity index (χ4v) is 3.48. The third-order valence-corrected chi connectivity index (χ3v) is 4.89. The Morgan fingerprint density at radius 2 is 1.81 bits per heavy atom. The summed E-state index contributed by atoms with van der Waals surface area (Å²) in [4.78, 5) is 19.3. The zero-order valence-electron chi connectivity index (χ0n) is 14.6. The molecule has 132 valence electrons. The Morgan fingerprint density at radius 1 is 1.08 bits per heavy atom. The molecule has 1 fully saturated rings. The number of rotatable bonds is 4. The minimum absolute atomic E-state index is 0.184. The summed E-state index contributed by atoms with van der Waals surface area (Å²) in [5.74, 6) is 1.99. The predicted octanol–water partition coefficient (Wildman–Crippen LogP) is 3.42. The lowest BCUT2D eigenvalue weighted by Gasteiger charge is -2.31. The number of piperidine rings is 1. The average molecular weight is 346 g/mol. The summed E-state index contributed by atoms with van der Waals surface area (Å²) < 4.78 is 0. The maximum Gasteiger partial charge on any atom is 0.227 e. The number of carbonyl (C=O) groups is 1. The van der Waals surface area contributed by atoms with Gasteiger partial charge >= 0.3 is 0 Å². The number of nitrogens with one attached hydrogen (secondary N) is 1. The molecule has 5 heteroatoms. The summed E-state index contributed by atoms with van der Waals surface area (Å²) in [5.41, 5.74) is 2.06. The van der Waals surface area contributed by atoms with Gasteiger partial charge in [-0.1, -0.05) is 60.7 Å². The molecule has 0 unspecified atom stereocenters. The number of nitrogens with zero attached hydrogens (tertiary/aromatic N) is 3. The van der Waals surface area contributed by atoms with Crippen LogP contribution in [0, 0.1) is 0 Å². The first-order valence-corrected chi connectivity index (χ1v) is 9.09. The molecule has 1 atom stereocenters. The molecule has 0 radical (unpaired) electrons. The molecule has 2 aromatic carbocycles. The second kappa shape index (κ2) is 7.52. The van der Waals surface area contributed by atoms with E-state index in [2.05, 4.69) is 15.2 Å². The van der Waals surface area contributed by atoms with Crippen LogP contribution in [-0.2, 0) is 11.2 Å². The van der Waals surface area contributed by atoms with Crippen molar-refractivity contribution in [1.29, 1.82) is 0 Å². The standard InChI is InChI=1S/C21H22N4O/c26-19(14-16-8-3-1-4-9-16)25-13-7-12-18(15-25)21-22-20(23-24-21)17-10-5-2-6-11-17/h1-6,8-11,18H,7,12-15H2,(H,22,23,24)/t18-/m0/s1. The molecule has 1 amide bonds. The molecule has 1 N–H and O–H groups in total. The van der Waals surface area contributed by atoms with Gasteiger partial charge in [0.25, 0.3) is 0 Å². The Bertz CT molecular complexity index is 860. The quantitative estimate of drug-likeness (QED) is 0.787. The number of H-pyrrole nitrogens is 1. The highest BCUT2D eigenvalue weighted by Gasteiger charge is 2.27. The van der Waals surface area contributed by atoms with Gasteiger partial charge in [0.2, 0.25) is 5.91 Å². The lowest BCUT2D eigenvalue weighted by molar-refractivity contribution is -0.131. The number of likely N-dealkylation sites (tertiary alicyclic amines) is 1. The monoisotopic (exact) mass is 346 g/mol. The fraction of sp³-hybridized carbons (Fsp3) is 0.286. The van der Waals surface area contributed by atoms with Crippen LogP contribution in [0.1, 0.15) is 30.1 Å². The number of benzene rings is 2. The Labute approximate surface area is 153 Å². The normalized spacial score (nSPS) is 17.2. The molecule has 1 saturated heterocycles. The van der Waals surface area contributed by atoms with Crippen LogP contribution in [0.15, 0.2) is 60.7 Å². The van der Waals surface area contributed by atoms with E-state index in [-0.39, 0.29) is 11.8 Å². The Balaban J connectivity index is 1.44. The minimum atomic E-state index is 0.184. The summed E-state index contributed by atoms with van der Waals surface area (Å²) >= 11 is 0. The lowest BCUT2D eigenvalue weighted by Crippen LogP contribution is -2.40. The van der Waals surface area contributed by atoms with E-state index in [1.807, 2.05) is 65.6 Å². The van der Waals surface area contributed by atoms with E-state index in [0.717, 1.165) is 36.3 Å². The average Bonchev–Trinajstić information content (AvgIpc) is 3.20. The van der Waals surface area contributed by atoms with Crippen LogP contribution in [0.3, 0.4) is 0 Å². The number of amides is 1. The highest BCUT2D eigenvalue weighted by atomic mass is 16.2. The number of hydrogen-bond acceptors (Lipinski definition) is 3. The van der Waals surface area contributed by atoms with Gasteiger partial charge in [-0.25, -0.2) is 4.98 Å². The van der Waals surface area contributed by atoms with Crippen molar-refractivity contribution in [2.24, 2.45) is 0 Å². The molecule has 0 bridgehead atoms. The van der Waals surface area contributed by atoms with Gasteiger partial charge < -0.3 is 4.90 Å². The first kappa shape index (κ1) is 16.5. The molecule has 1 aliphatic heterocycles. The molecule has 5 nitrogen and oxygen atoms in total. The second-order valence-electron chi connectivity index (χ2n) is 6.75. The summed E-state index contributed by atoms with van der Waals surface area (Å²) in [6.07, 6.45) is 2.48. The maximum absolute atomic E-state index is 12.7. The molecule has 3 aromatic rings. The van der Waals surface area contributed by atoms with Crippen molar-refractivity contribution in [3.63, 3.8) is 0 Å². The van der Waals surface area contributed by atoms with E-state index in [1.54, 1.807) is 0 Å². The van der Waals surface area contributed by atoms with Crippen LogP contribution in [0.25, 0.3) is 11.4 Å². The Kier molecular flexibility index (Phi) is 4.78. The fourth-order valence-electron chi connectivity index (χ4n) is 3.48. The van der Waals surface area contributed by atoms with Crippen LogP contribution < -0.4 is 0 Å². The second-order valence-corrected chi connectivity index (χ2v) is 6.75. The molecule has 26 heavy (non-hydrogen) atoms. The largest absolute Gasteiger partial charge is 0.342 e. The van der Waals surface area contributed by atoms with Gasteiger partial charge in [-0.05, 0) is 18.4 Å². The molecular formula is C21H22N4O. The molecular weight excluding hydrogens is 324 g/mol. The van der Waals surface area contributed by atoms with Gasteiger partial charge in [0.05, 0.1) is 6.42 Å². The molecule has 0 spiro atoms. The lowest BCUT2D eigenvalue weighted by atomic mass is 9.96. The van der Waals surface area contributed by atoms with Crippen LogP contribution in [0.4, 0.5) is 0 Å². The highest BCUT2D eigenvalue weighted by molar-refractivity contribution is 5.79. The van der Waals surface area contributed by atoms with Crippen molar-refractivity contribution in [3.05, 3.63) is 72.1 Å². The number of carbonyl (C=O) groups excluding carboxylic acids is 1. The van der Waals surface area contributed by atoms with E-state index in [0.29, 0.717) is 18.8 Å². The van der Waals surface area contributed by atoms with Gasteiger partial charge in [0.1, 0.15) is 5.82 Å². The van der Waals surface area contributed by atoms with Crippen LogP contribution >= 0.6 is 0 Å². The maximum atomic E-state index is 12.7. The first-order valence-electron chi connectivity index (χ1n) is 9.09. The van der Waals surface area contributed by atoms with Crippen molar-refractivity contribution in [2.45, 2.75) is 25.2 Å². The molecule has 4 rings (SSSR count). The molecule has 0 saturated carbocycles. The van der Waals surface area contributed by atoms with Crippen molar-refractivity contribution in [1.82, 2.24) is 20.1 Å². The van der Waals surface area contributed by atoms with Gasteiger partial charge in [-0.15, -0.1) is 0 Å². The third kappa shape index (κ3) is 3.67. The summed E-state index contributed by atoms with van der Waals surface area (Å²) in [5, 5.41) is 7.44. The summed E-state index contributed by atoms with van der Waals surface area (Å²) in [7, 11) is 0. The Hall–Kier alpha value is -2.95. The van der Waals surface area contributed by atoms with E-state index in [4.69, 9.17) is 0 Å². The molecule has 2 heterocycles. The van der Waals surface area contributed by atoms with E-state index in [9.17, 15) is 4.79 Å². The van der Waals surface area contributed by atoms with Crippen molar-refractivity contribution in [3.8, 4) is 11.4 Å². The SMILES string of the molecule is O=C(Cc1ccccc1)N1CCC[C@H](c2nc(-c3ccccc3)n[nH]2)C1. The van der Waals surface area contributed by atoms with E-state index in [1.165, 1.54) is 0 Å². The zero-order chi connectivity index (χ0) is 17.8. The van der Waals surface area contributed by atoms with Crippen molar-refractivity contribution < 1.29 is 4.79 Å². The molecule has 1 aromatic heterocycles. The van der Waals surface area contributed by atoms with E-state index >= 15 is 0 Å². The minimum Gasteiger partial charge on any atom is -0.342 e. The number of aromatic amines is 1. The highest BCUT2D eigenvalue weighted by Crippen LogP contribution is 2.26. The van der Waals surface area contributed by atoms with Crippen LogP contribution in [0.5, 0.6) is 0 Å². The van der Waals surface area contributed by atoms with Gasteiger partial charge in [-0.3, -0.25) is 9.89 Å². The van der Waals surface area contributed by atoms with Gasteiger partial charge in [-0.2, -0.15) is 5.10 Å². The number of hydrogen-bond donors (Lipinski definition) is 1. The van der Waals surface area contributed by atoms with Crippen LogP contribution in [-0.4, -0.2) is 39.1 Å². The summed E-state index contributed by atoms with van der Waals surface area (Å²) in [6, 6.07) is 19.9. The van der Waals surface area contributed by atoms with Gasteiger partial charge in [0, 0.05) is 24.6 Å². The van der Waals surface area contributed by atoms with Gasteiger partial charge in [0.15, 0.2) is 5.82 Å².